The lowest BCUT2D eigenvalue weighted by atomic mass is 10.1. The maximum atomic E-state index is 12.0. The highest BCUT2D eigenvalue weighted by Crippen LogP contribution is 2.35. The summed E-state index contributed by atoms with van der Waals surface area (Å²) in [6.45, 7) is 4.47. The molecule has 0 saturated carbocycles. The minimum Gasteiger partial charge on any atom is -0.454 e. The molecule has 0 unspecified atom stereocenters. The number of rotatable bonds is 7. The number of carbonyl (C=O) groups excluding carboxylic acids is 1. The van der Waals surface area contributed by atoms with Crippen molar-refractivity contribution in [3.8, 4) is 11.5 Å². The number of carbonyl (C=O) groups is 1. The molecule has 23 heavy (non-hydrogen) atoms. The van der Waals surface area contributed by atoms with E-state index >= 15 is 0 Å². The summed E-state index contributed by atoms with van der Waals surface area (Å²) in [5.41, 5.74) is 0.371. The lowest BCUT2D eigenvalue weighted by molar-refractivity contribution is -0.119. The normalized spacial score (nSPS) is 13.2. The zero-order valence-electron chi connectivity index (χ0n) is 13.5. The first-order valence-corrected chi connectivity index (χ1v) is 9.26. The lowest BCUT2D eigenvalue weighted by Gasteiger charge is -2.22. The molecule has 1 aromatic rings. The molecule has 1 aliphatic rings. The van der Waals surface area contributed by atoms with Gasteiger partial charge < -0.3 is 14.8 Å². The molecule has 1 heterocycles. The molecule has 0 bridgehead atoms. The molecular formula is C15H22N2O5S. The number of nitrogens with zero attached hydrogens (tertiary/aromatic N) is 1. The van der Waals surface area contributed by atoms with Gasteiger partial charge in [0.15, 0.2) is 11.5 Å². The van der Waals surface area contributed by atoms with E-state index in [1.807, 2.05) is 0 Å². The predicted molar refractivity (Wildman–Crippen MR) is 87.2 cm³/mol. The average molecular weight is 342 g/mol. The molecule has 0 radical (unpaired) electrons. The summed E-state index contributed by atoms with van der Waals surface area (Å²) in [7, 11) is -3.60. The van der Waals surface area contributed by atoms with Gasteiger partial charge in [-0.15, -0.1) is 0 Å². The number of sulfonamides is 1. The van der Waals surface area contributed by atoms with E-state index in [2.05, 4.69) is 19.2 Å². The molecule has 1 amide bonds. The van der Waals surface area contributed by atoms with Crippen LogP contribution in [0.1, 0.15) is 20.3 Å². The van der Waals surface area contributed by atoms with Crippen molar-refractivity contribution in [3.63, 3.8) is 0 Å². The number of anilines is 1. The van der Waals surface area contributed by atoms with Crippen LogP contribution in [0.3, 0.4) is 0 Å². The van der Waals surface area contributed by atoms with Crippen molar-refractivity contribution in [2.24, 2.45) is 5.92 Å². The first-order valence-electron chi connectivity index (χ1n) is 7.41. The van der Waals surface area contributed by atoms with Gasteiger partial charge >= 0.3 is 0 Å². The summed E-state index contributed by atoms with van der Waals surface area (Å²) in [6, 6.07) is 4.78. The number of amides is 1. The van der Waals surface area contributed by atoms with Gasteiger partial charge in [0.1, 0.15) is 6.54 Å². The minimum absolute atomic E-state index is 0.105. The van der Waals surface area contributed by atoms with Crippen molar-refractivity contribution in [2.45, 2.75) is 20.3 Å². The molecule has 0 fully saturated rings. The van der Waals surface area contributed by atoms with Gasteiger partial charge in [-0.2, -0.15) is 0 Å². The summed E-state index contributed by atoms with van der Waals surface area (Å²) < 4.78 is 35.6. The van der Waals surface area contributed by atoms with E-state index in [9.17, 15) is 13.2 Å². The number of fused-ring (bicyclic) bond motifs is 1. The van der Waals surface area contributed by atoms with Gasteiger partial charge in [0.2, 0.25) is 22.7 Å². The highest BCUT2D eigenvalue weighted by molar-refractivity contribution is 7.92. The second kappa shape index (κ2) is 7.08. The van der Waals surface area contributed by atoms with Gasteiger partial charge in [-0.3, -0.25) is 9.10 Å². The highest BCUT2D eigenvalue weighted by Gasteiger charge is 2.23. The van der Waals surface area contributed by atoms with Gasteiger partial charge in [-0.25, -0.2) is 8.42 Å². The monoisotopic (exact) mass is 342 g/mol. The standard InChI is InChI=1S/C15H22N2O5S/c1-11(2)6-7-16-15(18)9-17(23(3,19)20)12-4-5-13-14(8-12)22-10-21-13/h4-5,8,11H,6-7,9-10H2,1-3H3,(H,16,18). The van der Waals surface area contributed by atoms with Crippen molar-refractivity contribution in [3.05, 3.63) is 18.2 Å². The fraction of sp³-hybridized carbons (Fsp3) is 0.533. The summed E-state index contributed by atoms with van der Waals surface area (Å²) in [5, 5.41) is 2.74. The number of hydrogen-bond donors (Lipinski definition) is 1. The van der Waals surface area contributed by atoms with Crippen LogP contribution >= 0.6 is 0 Å². The first-order chi connectivity index (χ1) is 10.8. The zero-order chi connectivity index (χ0) is 17.0. The van der Waals surface area contributed by atoms with Gasteiger partial charge in [0, 0.05) is 12.6 Å². The molecule has 1 aromatic carbocycles. The molecule has 1 aliphatic heterocycles. The van der Waals surface area contributed by atoms with E-state index in [1.54, 1.807) is 18.2 Å². The Bertz CT molecular complexity index is 672. The molecule has 128 valence electrons. The molecule has 2 rings (SSSR count). The summed E-state index contributed by atoms with van der Waals surface area (Å²) in [4.78, 5) is 12.0. The van der Waals surface area contributed by atoms with Crippen LogP contribution in [-0.4, -0.2) is 40.5 Å². The van der Waals surface area contributed by atoms with E-state index in [0.717, 1.165) is 17.0 Å². The molecule has 7 nitrogen and oxygen atoms in total. The Kier molecular flexibility index (Phi) is 5.35. The first kappa shape index (κ1) is 17.4. The van der Waals surface area contributed by atoms with Crippen molar-refractivity contribution < 1.29 is 22.7 Å². The summed E-state index contributed by atoms with van der Waals surface area (Å²) in [5.74, 6) is 1.16. The fourth-order valence-electron chi connectivity index (χ4n) is 2.13. The van der Waals surface area contributed by atoms with E-state index < -0.39 is 10.0 Å². The number of benzene rings is 1. The third kappa shape index (κ3) is 4.75. The SMILES string of the molecule is CC(C)CCNC(=O)CN(c1ccc2c(c1)OCO2)S(C)(=O)=O. The van der Waals surface area contributed by atoms with Crippen LogP contribution in [-0.2, 0) is 14.8 Å². The highest BCUT2D eigenvalue weighted by atomic mass is 32.2. The largest absolute Gasteiger partial charge is 0.454 e. The van der Waals surface area contributed by atoms with Crippen LogP contribution in [0.5, 0.6) is 11.5 Å². The topological polar surface area (TPSA) is 84.9 Å². The second-order valence-electron chi connectivity index (χ2n) is 5.84. The van der Waals surface area contributed by atoms with Gasteiger partial charge in [0.25, 0.3) is 0 Å². The Balaban J connectivity index is 2.10. The summed E-state index contributed by atoms with van der Waals surface area (Å²) in [6.07, 6.45) is 1.91. The van der Waals surface area contributed by atoms with Crippen LogP contribution in [0.15, 0.2) is 18.2 Å². The van der Waals surface area contributed by atoms with Crippen LogP contribution in [0.25, 0.3) is 0 Å². The molecule has 1 N–H and O–H groups in total. The predicted octanol–water partition coefficient (Wildman–Crippen LogP) is 1.34. The summed E-state index contributed by atoms with van der Waals surface area (Å²) >= 11 is 0. The number of nitrogens with one attached hydrogen (secondary N) is 1. The Morgan fingerprint density at radius 1 is 1.30 bits per heavy atom. The molecule has 0 saturated heterocycles. The van der Waals surface area contributed by atoms with Crippen molar-refractivity contribution >= 4 is 21.6 Å². The molecule has 0 aromatic heterocycles. The van der Waals surface area contributed by atoms with E-state index in [-0.39, 0.29) is 19.2 Å². The van der Waals surface area contributed by atoms with Crippen LogP contribution in [0.4, 0.5) is 5.69 Å². The van der Waals surface area contributed by atoms with Crippen molar-refractivity contribution in [1.29, 1.82) is 0 Å². The zero-order valence-corrected chi connectivity index (χ0v) is 14.4. The van der Waals surface area contributed by atoms with Crippen LogP contribution in [0, 0.1) is 5.92 Å². The lowest BCUT2D eigenvalue weighted by Crippen LogP contribution is -2.40. The van der Waals surface area contributed by atoms with E-state index in [0.29, 0.717) is 29.6 Å². The Hall–Kier alpha value is -1.96. The fourth-order valence-corrected chi connectivity index (χ4v) is 2.98. The second-order valence-corrected chi connectivity index (χ2v) is 7.75. The Morgan fingerprint density at radius 2 is 2.00 bits per heavy atom. The quantitative estimate of drug-likeness (QED) is 0.808. The average Bonchev–Trinajstić information content (AvgIpc) is 2.90. The van der Waals surface area contributed by atoms with Crippen LogP contribution in [0.2, 0.25) is 0 Å². The van der Waals surface area contributed by atoms with Gasteiger partial charge in [-0.1, -0.05) is 13.8 Å². The van der Waals surface area contributed by atoms with E-state index in [4.69, 9.17) is 9.47 Å². The molecule has 0 spiro atoms. The molecule has 0 atom stereocenters. The van der Waals surface area contributed by atoms with Gasteiger partial charge in [0.05, 0.1) is 11.9 Å². The minimum atomic E-state index is -3.60. The smallest absolute Gasteiger partial charge is 0.240 e. The molecule has 0 aliphatic carbocycles. The Labute approximate surface area is 136 Å². The Morgan fingerprint density at radius 3 is 2.65 bits per heavy atom. The maximum Gasteiger partial charge on any atom is 0.240 e. The third-order valence-electron chi connectivity index (χ3n) is 3.38. The van der Waals surface area contributed by atoms with Gasteiger partial charge in [-0.05, 0) is 24.5 Å². The van der Waals surface area contributed by atoms with E-state index in [1.165, 1.54) is 0 Å². The molecule has 8 heteroatoms. The van der Waals surface area contributed by atoms with Crippen molar-refractivity contribution in [2.75, 3.05) is 30.4 Å². The number of hydrogen-bond acceptors (Lipinski definition) is 5. The molecular weight excluding hydrogens is 320 g/mol. The van der Waals surface area contributed by atoms with Crippen LogP contribution < -0.4 is 19.1 Å². The number of ether oxygens (including phenoxy) is 2. The maximum absolute atomic E-state index is 12.0. The van der Waals surface area contributed by atoms with Crippen molar-refractivity contribution in [1.82, 2.24) is 5.32 Å². The third-order valence-corrected chi connectivity index (χ3v) is 4.52.